The highest BCUT2D eigenvalue weighted by molar-refractivity contribution is 5.78. The number of esters is 1. The number of aliphatic hydroxyl groups is 1. The number of carbonyl (C=O) groups is 2. The second-order valence-corrected chi connectivity index (χ2v) is 14.3. The fourth-order valence-electron chi connectivity index (χ4n) is 15.2. The van der Waals surface area contributed by atoms with Crippen molar-refractivity contribution in [3.05, 3.63) is 0 Å². The minimum absolute atomic E-state index is 0.0409. The van der Waals surface area contributed by atoms with E-state index in [1.165, 1.54) is 19.3 Å². The fraction of sp³-hybridized carbons (Fsp3) is 0.929. The third-order valence-electron chi connectivity index (χ3n) is 15.0. The smallest absolute Gasteiger partial charge is 0.309 e. The lowest BCUT2D eigenvalue weighted by atomic mass is 9.65. The Balaban J connectivity index is 1.15. The average Bonchev–Trinajstić information content (AvgIpc) is 3.20. The zero-order valence-corrected chi connectivity index (χ0v) is 19.7. The molecule has 4 bridgehead atoms. The summed E-state index contributed by atoms with van der Waals surface area (Å²) >= 11 is 0. The van der Waals surface area contributed by atoms with Crippen molar-refractivity contribution in [2.24, 2.45) is 92.7 Å². The Morgan fingerprint density at radius 3 is 2.45 bits per heavy atom. The number of ether oxygens (including phenoxy) is 1. The molecule has 0 aromatic heterocycles. The van der Waals surface area contributed by atoms with E-state index in [0.29, 0.717) is 54.0 Å². The highest BCUT2D eigenvalue weighted by atomic mass is 16.5. The van der Waals surface area contributed by atoms with Crippen LogP contribution in [0.1, 0.15) is 52.4 Å². The lowest BCUT2D eigenvalue weighted by Gasteiger charge is -2.39. The number of hydrogen-bond donors (Lipinski definition) is 2. The quantitative estimate of drug-likeness (QED) is 0.625. The zero-order chi connectivity index (χ0) is 22.4. The average molecular weight is 453 g/mol. The molecular formula is C28H36O5. The summed E-state index contributed by atoms with van der Waals surface area (Å²) in [7, 11) is 0. The second kappa shape index (κ2) is 5.06. The van der Waals surface area contributed by atoms with Crippen LogP contribution >= 0.6 is 0 Å². The molecule has 16 unspecified atom stereocenters. The van der Waals surface area contributed by atoms with Crippen molar-refractivity contribution >= 4 is 11.9 Å². The van der Waals surface area contributed by atoms with E-state index >= 15 is 0 Å². The van der Waals surface area contributed by atoms with E-state index < -0.39 is 5.97 Å². The van der Waals surface area contributed by atoms with Gasteiger partial charge in [-0.05, 0) is 108 Å². The van der Waals surface area contributed by atoms with Crippen LogP contribution in [0.4, 0.5) is 0 Å². The number of cyclic esters (lactones) is 1. The number of carboxylic acids is 1. The SMILES string of the molecule is CCC12CC3CC1C1(C4COC(=O)C42)C(CC24CC5CC2C2(C(C)C52)C(CO)C4C(=O)O)C31. The Morgan fingerprint density at radius 2 is 1.76 bits per heavy atom. The highest BCUT2D eigenvalue weighted by Gasteiger charge is 2.93. The molecule has 1 aliphatic heterocycles. The molecule has 2 spiro atoms. The molecule has 0 aromatic carbocycles. The van der Waals surface area contributed by atoms with Crippen molar-refractivity contribution in [2.75, 3.05) is 13.2 Å². The van der Waals surface area contributed by atoms with Crippen LogP contribution in [0.25, 0.3) is 0 Å². The molecule has 5 nitrogen and oxygen atoms in total. The third kappa shape index (κ3) is 1.48. The number of aliphatic hydroxyl groups excluding tert-OH is 1. The molecular weight excluding hydrogens is 416 g/mol. The molecule has 8 aliphatic carbocycles. The number of rotatable bonds is 5. The van der Waals surface area contributed by atoms with Gasteiger partial charge < -0.3 is 14.9 Å². The van der Waals surface area contributed by atoms with Crippen LogP contribution < -0.4 is 0 Å². The fourth-order valence-corrected chi connectivity index (χ4v) is 15.2. The first kappa shape index (κ1) is 19.1. The van der Waals surface area contributed by atoms with Gasteiger partial charge in [0.25, 0.3) is 0 Å². The summed E-state index contributed by atoms with van der Waals surface area (Å²) in [4.78, 5) is 25.8. The van der Waals surface area contributed by atoms with E-state index in [2.05, 4.69) is 13.8 Å². The Bertz CT molecular complexity index is 1040. The summed E-state index contributed by atoms with van der Waals surface area (Å²) in [5, 5.41) is 21.1. The van der Waals surface area contributed by atoms with Crippen molar-refractivity contribution in [3.8, 4) is 0 Å². The maximum atomic E-state index is 12.9. The van der Waals surface area contributed by atoms with Gasteiger partial charge in [0.05, 0.1) is 18.4 Å². The van der Waals surface area contributed by atoms with Crippen LogP contribution in [0.3, 0.4) is 0 Å². The molecule has 178 valence electrons. The maximum absolute atomic E-state index is 12.9. The molecule has 0 amide bonds. The van der Waals surface area contributed by atoms with E-state index in [4.69, 9.17) is 4.74 Å². The normalized spacial score (nSPS) is 69.8. The molecule has 8 saturated carbocycles. The monoisotopic (exact) mass is 452 g/mol. The Morgan fingerprint density at radius 1 is 1.06 bits per heavy atom. The van der Waals surface area contributed by atoms with Crippen LogP contribution in [-0.2, 0) is 14.3 Å². The molecule has 2 N–H and O–H groups in total. The van der Waals surface area contributed by atoms with E-state index in [-0.39, 0.29) is 52.0 Å². The van der Waals surface area contributed by atoms with Gasteiger partial charge in [0.1, 0.15) is 0 Å². The van der Waals surface area contributed by atoms with Gasteiger partial charge in [0, 0.05) is 18.4 Å². The molecule has 16 atom stereocenters. The van der Waals surface area contributed by atoms with Crippen LogP contribution in [0, 0.1) is 92.7 Å². The third-order valence-corrected chi connectivity index (χ3v) is 15.0. The van der Waals surface area contributed by atoms with Gasteiger partial charge in [0.2, 0.25) is 0 Å². The summed E-state index contributed by atoms with van der Waals surface area (Å²) in [5.41, 5.74) is 0.408. The van der Waals surface area contributed by atoms with Gasteiger partial charge in [0.15, 0.2) is 0 Å². The molecule has 9 fully saturated rings. The predicted molar refractivity (Wildman–Crippen MR) is 116 cm³/mol. The number of aliphatic carboxylic acids is 1. The van der Waals surface area contributed by atoms with Gasteiger partial charge in [-0.25, -0.2) is 0 Å². The summed E-state index contributed by atoms with van der Waals surface area (Å²) in [6.07, 6.45) is 6.94. The van der Waals surface area contributed by atoms with Crippen molar-refractivity contribution in [2.45, 2.75) is 52.4 Å². The lowest BCUT2D eigenvalue weighted by Crippen LogP contribution is -2.38. The van der Waals surface area contributed by atoms with Crippen LogP contribution in [0.15, 0.2) is 0 Å². The van der Waals surface area contributed by atoms with Gasteiger partial charge in [-0.15, -0.1) is 0 Å². The molecule has 1 heterocycles. The first-order chi connectivity index (χ1) is 15.9. The van der Waals surface area contributed by atoms with E-state index in [0.717, 1.165) is 25.2 Å². The van der Waals surface area contributed by atoms with Crippen molar-refractivity contribution in [3.63, 3.8) is 0 Å². The van der Waals surface area contributed by atoms with Gasteiger partial charge in [-0.1, -0.05) is 13.8 Å². The lowest BCUT2D eigenvalue weighted by molar-refractivity contribution is -0.149. The standard InChI is InChI=1S/C28H36O5/c1-3-25-6-13-5-17(25)28(16-10-33-24(32)22(16)25)14(20(13)28)8-26-7-12-4-18(26)27(11(2)19(12)27)15(9-29)21(26)23(30)31/h11-22,29H,3-10H2,1-2H3,(H,30,31). The van der Waals surface area contributed by atoms with Crippen molar-refractivity contribution in [1.82, 2.24) is 0 Å². The van der Waals surface area contributed by atoms with E-state index in [1.807, 2.05) is 0 Å². The molecule has 1 saturated heterocycles. The van der Waals surface area contributed by atoms with Crippen molar-refractivity contribution < 1.29 is 24.5 Å². The number of hydrogen-bond acceptors (Lipinski definition) is 4. The highest BCUT2D eigenvalue weighted by Crippen LogP contribution is 2.96. The largest absolute Gasteiger partial charge is 0.481 e. The molecule has 0 radical (unpaired) electrons. The van der Waals surface area contributed by atoms with E-state index in [9.17, 15) is 19.8 Å². The Labute approximate surface area is 195 Å². The van der Waals surface area contributed by atoms with Gasteiger partial charge in [-0.3, -0.25) is 9.59 Å². The van der Waals surface area contributed by atoms with E-state index in [1.54, 1.807) is 0 Å². The molecule has 9 rings (SSSR count). The first-order valence-corrected chi connectivity index (χ1v) is 13.9. The zero-order valence-electron chi connectivity index (χ0n) is 19.7. The summed E-state index contributed by atoms with van der Waals surface area (Å²) in [6.45, 7) is 5.30. The minimum Gasteiger partial charge on any atom is -0.481 e. The van der Waals surface area contributed by atoms with Crippen LogP contribution in [0.5, 0.6) is 0 Å². The topological polar surface area (TPSA) is 83.8 Å². The minimum atomic E-state index is -0.644. The predicted octanol–water partition coefficient (Wildman–Crippen LogP) is 3.45. The second-order valence-electron chi connectivity index (χ2n) is 14.3. The number of fused-ring (bicyclic) bond motifs is 6. The van der Waals surface area contributed by atoms with Gasteiger partial charge in [-0.2, -0.15) is 0 Å². The molecule has 33 heavy (non-hydrogen) atoms. The number of carbonyl (C=O) groups excluding carboxylic acids is 1. The summed E-state index contributed by atoms with van der Waals surface area (Å²) in [5.74, 6) is 4.60. The van der Waals surface area contributed by atoms with Crippen LogP contribution in [0.2, 0.25) is 0 Å². The Kier molecular flexibility index (Phi) is 2.93. The van der Waals surface area contributed by atoms with Crippen LogP contribution in [-0.4, -0.2) is 35.4 Å². The van der Waals surface area contributed by atoms with Gasteiger partial charge >= 0.3 is 11.9 Å². The summed E-state index contributed by atoms with van der Waals surface area (Å²) in [6, 6.07) is 0. The molecule has 5 heteroatoms. The maximum Gasteiger partial charge on any atom is 0.309 e. The molecule has 9 aliphatic rings. The van der Waals surface area contributed by atoms with Crippen molar-refractivity contribution in [1.29, 1.82) is 0 Å². The summed E-state index contributed by atoms with van der Waals surface area (Å²) < 4.78 is 5.73. The number of carboxylic acid groups (broad SMARTS) is 1. The Hall–Kier alpha value is -1.10. The molecule has 0 aromatic rings. The first-order valence-electron chi connectivity index (χ1n) is 13.9.